The maximum atomic E-state index is 11.9. The summed E-state index contributed by atoms with van der Waals surface area (Å²) >= 11 is 0. The van der Waals surface area contributed by atoms with Crippen molar-refractivity contribution in [3.8, 4) is 6.07 Å². The molecular formula is C17H19N3O2. The number of carbonyl (C=O) groups is 1. The van der Waals surface area contributed by atoms with Crippen molar-refractivity contribution in [2.75, 3.05) is 0 Å². The molecule has 114 valence electrons. The van der Waals surface area contributed by atoms with E-state index in [1.54, 1.807) is 0 Å². The molecule has 0 saturated heterocycles. The second-order valence-corrected chi connectivity index (χ2v) is 6.61. The monoisotopic (exact) mass is 297 g/mol. The van der Waals surface area contributed by atoms with E-state index >= 15 is 0 Å². The number of rotatable bonds is 1. The van der Waals surface area contributed by atoms with Crippen LogP contribution < -0.4 is 5.32 Å². The van der Waals surface area contributed by atoms with Gasteiger partial charge in [-0.3, -0.25) is 0 Å². The Morgan fingerprint density at radius 1 is 1.41 bits per heavy atom. The van der Waals surface area contributed by atoms with Gasteiger partial charge in [-0.2, -0.15) is 5.26 Å². The van der Waals surface area contributed by atoms with Gasteiger partial charge in [0.1, 0.15) is 11.7 Å². The first-order valence-corrected chi connectivity index (χ1v) is 7.39. The zero-order valence-corrected chi connectivity index (χ0v) is 13.0. The molecule has 1 atom stereocenters. The fraction of sp³-hybridized carbons (Fsp3) is 0.412. The summed E-state index contributed by atoms with van der Waals surface area (Å²) in [4.78, 5) is 11.9. The number of amides is 1. The summed E-state index contributed by atoms with van der Waals surface area (Å²) < 4.78 is 7.42. The van der Waals surface area contributed by atoms with E-state index in [0.717, 1.165) is 16.6 Å². The molecule has 1 N–H and O–H groups in total. The van der Waals surface area contributed by atoms with Crippen LogP contribution in [-0.2, 0) is 17.7 Å². The van der Waals surface area contributed by atoms with Crippen molar-refractivity contribution in [3.05, 3.63) is 35.5 Å². The van der Waals surface area contributed by atoms with E-state index in [-0.39, 0.29) is 6.04 Å². The number of carbonyl (C=O) groups excluding carboxylic acids is 1. The number of nitrogens with one attached hydrogen (secondary N) is 1. The van der Waals surface area contributed by atoms with E-state index in [4.69, 9.17) is 4.74 Å². The molecule has 1 aliphatic rings. The lowest BCUT2D eigenvalue weighted by atomic mass is 10.1. The summed E-state index contributed by atoms with van der Waals surface area (Å²) in [7, 11) is 0. The molecule has 5 heteroatoms. The second-order valence-electron chi connectivity index (χ2n) is 6.61. The Balaban J connectivity index is 1.82. The summed E-state index contributed by atoms with van der Waals surface area (Å²) in [5.74, 6) is 0. The molecule has 0 aliphatic carbocycles. The lowest BCUT2D eigenvalue weighted by molar-refractivity contribution is 0.0504. The summed E-state index contributed by atoms with van der Waals surface area (Å²) in [6.45, 7) is 6.18. The number of ether oxygens (including phenoxy) is 1. The second kappa shape index (κ2) is 5.06. The van der Waals surface area contributed by atoms with E-state index in [0.29, 0.717) is 18.5 Å². The molecule has 5 nitrogen and oxygen atoms in total. The van der Waals surface area contributed by atoms with Crippen molar-refractivity contribution in [1.29, 1.82) is 5.26 Å². The summed E-state index contributed by atoms with van der Waals surface area (Å²) in [6.07, 6.45) is 0.239. The van der Waals surface area contributed by atoms with Crippen LogP contribution in [0, 0.1) is 11.3 Å². The van der Waals surface area contributed by atoms with Gasteiger partial charge in [0.25, 0.3) is 0 Å². The van der Waals surface area contributed by atoms with Gasteiger partial charge in [0.15, 0.2) is 0 Å². The van der Waals surface area contributed by atoms with Gasteiger partial charge in [-0.15, -0.1) is 0 Å². The normalized spacial score (nSPS) is 17.1. The number of fused-ring (bicyclic) bond motifs is 3. The first-order chi connectivity index (χ1) is 10.4. The summed E-state index contributed by atoms with van der Waals surface area (Å²) in [5.41, 5.74) is 2.24. The molecule has 1 amide bonds. The Morgan fingerprint density at radius 2 is 2.14 bits per heavy atom. The van der Waals surface area contributed by atoms with E-state index in [9.17, 15) is 10.1 Å². The number of benzene rings is 1. The maximum Gasteiger partial charge on any atom is 0.407 e. The minimum atomic E-state index is -0.511. The molecule has 1 aromatic heterocycles. The van der Waals surface area contributed by atoms with Crippen LogP contribution in [0.4, 0.5) is 4.79 Å². The first kappa shape index (κ1) is 14.5. The fourth-order valence-electron chi connectivity index (χ4n) is 2.99. The number of nitrogens with zero attached hydrogens (tertiary/aromatic N) is 2. The van der Waals surface area contributed by atoms with Gasteiger partial charge in [0.05, 0.1) is 11.6 Å². The largest absolute Gasteiger partial charge is 0.444 e. The standard InChI is InChI=1S/C17H19N3O2/c1-17(2,3)22-16(21)19-11-8-15-13(9-18)12-6-4-5-7-14(12)20(15)10-11/h4-7,11H,8,10H2,1-3H3,(H,19,21). The molecule has 0 bridgehead atoms. The van der Waals surface area contributed by atoms with Gasteiger partial charge in [-0.1, -0.05) is 18.2 Å². The van der Waals surface area contributed by atoms with Gasteiger partial charge < -0.3 is 14.6 Å². The van der Waals surface area contributed by atoms with Crippen molar-refractivity contribution in [2.24, 2.45) is 0 Å². The Bertz CT molecular complexity index is 778. The summed E-state index contributed by atoms with van der Waals surface area (Å²) in [6, 6.07) is 10.1. The minimum absolute atomic E-state index is 0.0402. The zero-order valence-electron chi connectivity index (χ0n) is 13.0. The first-order valence-electron chi connectivity index (χ1n) is 7.39. The molecule has 1 aliphatic heterocycles. The van der Waals surface area contributed by atoms with Crippen molar-refractivity contribution in [2.45, 2.75) is 45.4 Å². The Morgan fingerprint density at radius 3 is 2.82 bits per heavy atom. The molecule has 2 aromatic rings. The molecule has 0 spiro atoms. The van der Waals surface area contributed by atoms with Crippen molar-refractivity contribution in [3.63, 3.8) is 0 Å². The zero-order chi connectivity index (χ0) is 15.9. The molecule has 22 heavy (non-hydrogen) atoms. The highest BCUT2D eigenvalue weighted by Gasteiger charge is 2.29. The third kappa shape index (κ3) is 2.52. The van der Waals surface area contributed by atoms with E-state index < -0.39 is 11.7 Å². The minimum Gasteiger partial charge on any atom is -0.444 e. The Hall–Kier alpha value is -2.48. The summed E-state index contributed by atoms with van der Waals surface area (Å²) in [5, 5.41) is 13.3. The van der Waals surface area contributed by atoms with Gasteiger partial charge >= 0.3 is 6.09 Å². The van der Waals surface area contributed by atoms with Crippen LogP contribution in [0.3, 0.4) is 0 Å². The predicted octanol–water partition coefficient (Wildman–Crippen LogP) is 2.96. The van der Waals surface area contributed by atoms with Crippen LogP contribution in [0.2, 0.25) is 0 Å². The van der Waals surface area contributed by atoms with E-state index in [1.165, 1.54) is 0 Å². The molecule has 0 radical (unpaired) electrons. The van der Waals surface area contributed by atoms with Crippen molar-refractivity contribution in [1.82, 2.24) is 9.88 Å². The van der Waals surface area contributed by atoms with Gasteiger partial charge in [0.2, 0.25) is 0 Å². The quantitative estimate of drug-likeness (QED) is 0.880. The van der Waals surface area contributed by atoms with Gasteiger partial charge in [0, 0.05) is 29.6 Å². The predicted molar refractivity (Wildman–Crippen MR) is 83.5 cm³/mol. The van der Waals surface area contributed by atoms with Crippen molar-refractivity contribution < 1.29 is 9.53 Å². The van der Waals surface area contributed by atoms with Gasteiger partial charge in [-0.05, 0) is 26.8 Å². The van der Waals surface area contributed by atoms with Gasteiger partial charge in [-0.25, -0.2) is 4.79 Å². The SMILES string of the molecule is CC(C)(C)OC(=O)NC1Cc2c(C#N)c3ccccc3n2C1. The molecule has 2 heterocycles. The molecule has 3 rings (SSSR count). The lowest BCUT2D eigenvalue weighted by Gasteiger charge is -2.21. The number of para-hydroxylation sites is 1. The third-order valence-corrected chi connectivity index (χ3v) is 3.75. The maximum absolute atomic E-state index is 11.9. The third-order valence-electron chi connectivity index (χ3n) is 3.75. The average Bonchev–Trinajstić information content (AvgIpc) is 2.92. The average molecular weight is 297 g/mol. The topological polar surface area (TPSA) is 67.0 Å². The highest BCUT2D eigenvalue weighted by Crippen LogP contribution is 2.31. The number of hydrogen-bond donors (Lipinski definition) is 1. The van der Waals surface area contributed by atoms with Crippen LogP contribution in [0.5, 0.6) is 0 Å². The number of aromatic nitrogens is 1. The van der Waals surface area contributed by atoms with Crippen LogP contribution in [0.1, 0.15) is 32.0 Å². The fourth-order valence-corrected chi connectivity index (χ4v) is 2.99. The Kier molecular flexibility index (Phi) is 3.32. The van der Waals surface area contributed by atoms with Crippen molar-refractivity contribution >= 4 is 17.0 Å². The molecule has 0 fully saturated rings. The van der Waals surface area contributed by atoms with Crippen LogP contribution >= 0.6 is 0 Å². The molecule has 1 unspecified atom stereocenters. The smallest absolute Gasteiger partial charge is 0.407 e. The number of hydrogen-bond acceptors (Lipinski definition) is 3. The molecule has 0 saturated carbocycles. The highest BCUT2D eigenvalue weighted by molar-refractivity contribution is 5.88. The Labute approximate surface area is 129 Å². The molecule has 1 aromatic carbocycles. The molecular weight excluding hydrogens is 278 g/mol. The lowest BCUT2D eigenvalue weighted by Crippen LogP contribution is -2.39. The van der Waals surface area contributed by atoms with E-state index in [2.05, 4.69) is 16.0 Å². The van der Waals surface area contributed by atoms with E-state index in [1.807, 2.05) is 45.0 Å². The number of alkyl carbamates (subject to hydrolysis) is 1. The number of nitriles is 1. The van der Waals surface area contributed by atoms with Crippen LogP contribution in [0.25, 0.3) is 10.9 Å². The van der Waals surface area contributed by atoms with Crippen LogP contribution in [-0.4, -0.2) is 22.3 Å². The highest BCUT2D eigenvalue weighted by atomic mass is 16.6. The van der Waals surface area contributed by atoms with Crippen LogP contribution in [0.15, 0.2) is 24.3 Å².